The summed E-state index contributed by atoms with van der Waals surface area (Å²) in [7, 11) is 0. The Hall–Kier alpha value is -2.05. The number of aromatic amines is 1. The molecule has 1 fully saturated rings. The summed E-state index contributed by atoms with van der Waals surface area (Å²) in [5.74, 6) is -0.520. The lowest BCUT2D eigenvalue weighted by Crippen LogP contribution is -2.35. The lowest BCUT2D eigenvalue weighted by Gasteiger charge is -2.14. The van der Waals surface area contributed by atoms with E-state index in [2.05, 4.69) is 10.3 Å². The molecule has 1 unspecified atom stereocenters. The fourth-order valence-electron chi connectivity index (χ4n) is 2.01. The van der Waals surface area contributed by atoms with Crippen LogP contribution in [0.15, 0.2) is 9.59 Å². The first kappa shape index (κ1) is 11.4. The van der Waals surface area contributed by atoms with Gasteiger partial charge in [-0.1, -0.05) is 6.92 Å². The van der Waals surface area contributed by atoms with E-state index in [1.165, 1.54) is 0 Å². The van der Waals surface area contributed by atoms with Gasteiger partial charge in [0.1, 0.15) is 0 Å². The minimum atomic E-state index is -0.689. The molecular formula is C10H13N3O4. The molecule has 3 N–H and O–H groups in total. The lowest BCUT2D eigenvalue weighted by molar-refractivity contribution is -0.119. The van der Waals surface area contributed by atoms with E-state index in [1.54, 1.807) is 6.92 Å². The molecule has 0 aromatic carbocycles. The monoisotopic (exact) mass is 239 g/mol. The summed E-state index contributed by atoms with van der Waals surface area (Å²) in [5, 5.41) is 12.5. The molecule has 1 aliphatic rings. The normalized spacial score (nSPS) is 19.4. The van der Waals surface area contributed by atoms with E-state index in [9.17, 15) is 19.5 Å². The van der Waals surface area contributed by atoms with Gasteiger partial charge < -0.3 is 10.4 Å². The number of aromatic nitrogens is 2. The minimum Gasteiger partial charge on any atom is -0.494 e. The highest BCUT2D eigenvalue weighted by molar-refractivity contribution is 5.78. The van der Waals surface area contributed by atoms with Crippen LogP contribution in [0.5, 0.6) is 5.88 Å². The fourth-order valence-corrected chi connectivity index (χ4v) is 2.01. The van der Waals surface area contributed by atoms with Crippen LogP contribution in [0.4, 0.5) is 0 Å². The van der Waals surface area contributed by atoms with Gasteiger partial charge in [0.2, 0.25) is 11.8 Å². The molecular weight excluding hydrogens is 226 g/mol. The van der Waals surface area contributed by atoms with Gasteiger partial charge in [0, 0.05) is 13.0 Å². The molecule has 0 aliphatic carbocycles. The number of aromatic hydroxyl groups is 1. The van der Waals surface area contributed by atoms with E-state index in [4.69, 9.17) is 0 Å². The molecule has 0 saturated carbocycles. The first-order valence-corrected chi connectivity index (χ1v) is 5.38. The molecule has 7 heteroatoms. The maximum Gasteiger partial charge on any atom is 0.331 e. The summed E-state index contributed by atoms with van der Waals surface area (Å²) in [5.41, 5.74) is -1.11. The molecule has 7 nitrogen and oxygen atoms in total. The maximum atomic E-state index is 11.6. The first-order chi connectivity index (χ1) is 8.04. The van der Waals surface area contributed by atoms with Crippen LogP contribution in [0.1, 0.15) is 24.9 Å². The summed E-state index contributed by atoms with van der Waals surface area (Å²) in [6.07, 6.45) is 0.443. The van der Waals surface area contributed by atoms with E-state index in [0.29, 0.717) is 6.42 Å². The molecule has 92 valence electrons. The van der Waals surface area contributed by atoms with Gasteiger partial charge in [0.15, 0.2) is 0 Å². The summed E-state index contributed by atoms with van der Waals surface area (Å²) in [6, 6.07) is -0.447. The van der Waals surface area contributed by atoms with Crippen molar-refractivity contribution in [2.24, 2.45) is 0 Å². The van der Waals surface area contributed by atoms with E-state index < -0.39 is 17.3 Å². The summed E-state index contributed by atoms with van der Waals surface area (Å²) in [6.45, 7) is 1.98. The van der Waals surface area contributed by atoms with Gasteiger partial charge >= 0.3 is 5.69 Å². The molecule has 2 heterocycles. The Morgan fingerprint density at radius 1 is 1.41 bits per heavy atom. The summed E-state index contributed by atoms with van der Waals surface area (Å²) < 4.78 is 1.07. The summed E-state index contributed by atoms with van der Waals surface area (Å²) >= 11 is 0. The van der Waals surface area contributed by atoms with Gasteiger partial charge in [0.05, 0.1) is 11.6 Å². The highest BCUT2D eigenvalue weighted by Crippen LogP contribution is 2.21. The molecule has 0 spiro atoms. The predicted octanol–water partition coefficient (Wildman–Crippen LogP) is -1.13. The Balaban J connectivity index is 2.58. The number of amides is 1. The third-order valence-corrected chi connectivity index (χ3v) is 2.89. The van der Waals surface area contributed by atoms with Gasteiger partial charge in [-0.15, -0.1) is 0 Å². The van der Waals surface area contributed by atoms with E-state index in [1.807, 2.05) is 0 Å². The number of hydrogen-bond donors (Lipinski definition) is 3. The smallest absolute Gasteiger partial charge is 0.331 e. The van der Waals surface area contributed by atoms with Crippen LogP contribution < -0.4 is 16.6 Å². The molecule has 1 aliphatic heterocycles. The Morgan fingerprint density at radius 3 is 2.65 bits per heavy atom. The molecule has 0 bridgehead atoms. The lowest BCUT2D eigenvalue weighted by atomic mass is 10.2. The van der Waals surface area contributed by atoms with E-state index in [-0.39, 0.29) is 30.3 Å². The average molecular weight is 239 g/mol. The second kappa shape index (κ2) is 4.08. The summed E-state index contributed by atoms with van der Waals surface area (Å²) in [4.78, 5) is 36.3. The number of hydrogen-bond acceptors (Lipinski definition) is 4. The van der Waals surface area contributed by atoms with Crippen molar-refractivity contribution in [3.63, 3.8) is 0 Å². The zero-order valence-corrected chi connectivity index (χ0v) is 9.32. The zero-order chi connectivity index (χ0) is 12.6. The zero-order valence-electron chi connectivity index (χ0n) is 9.32. The molecule has 2 rings (SSSR count). The molecule has 1 atom stereocenters. The number of carbonyl (C=O) groups is 1. The van der Waals surface area contributed by atoms with Crippen LogP contribution in [-0.4, -0.2) is 27.1 Å². The molecule has 1 aromatic heterocycles. The van der Waals surface area contributed by atoms with Crippen LogP contribution in [0.3, 0.4) is 0 Å². The minimum absolute atomic E-state index is 0.128. The largest absolute Gasteiger partial charge is 0.494 e. The van der Waals surface area contributed by atoms with Crippen molar-refractivity contribution in [3.8, 4) is 5.88 Å². The second-order valence-electron chi connectivity index (χ2n) is 3.95. The number of nitrogens with zero attached hydrogens (tertiary/aromatic N) is 1. The Kier molecular flexibility index (Phi) is 2.74. The van der Waals surface area contributed by atoms with Crippen molar-refractivity contribution in [1.82, 2.24) is 14.9 Å². The van der Waals surface area contributed by atoms with E-state index >= 15 is 0 Å². The third-order valence-electron chi connectivity index (χ3n) is 2.89. The van der Waals surface area contributed by atoms with Crippen LogP contribution in [-0.2, 0) is 11.2 Å². The maximum absolute atomic E-state index is 11.6. The Morgan fingerprint density at radius 2 is 2.12 bits per heavy atom. The van der Waals surface area contributed by atoms with Crippen LogP contribution >= 0.6 is 0 Å². The number of carbonyl (C=O) groups excluding carboxylic acids is 1. The third kappa shape index (κ3) is 1.83. The highest BCUT2D eigenvalue weighted by atomic mass is 16.3. The first-order valence-electron chi connectivity index (χ1n) is 5.38. The van der Waals surface area contributed by atoms with Gasteiger partial charge in [0.25, 0.3) is 5.56 Å². The van der Waals surface area contributed by atoms with Gasteiger partial charge in [-0.05, 0) is 6.42 Å². The molecule has 0 radical (unpaired) electrons. The Bertz CT molecular complexity index is 572. The van der Waals surface area contributed by atoms with Gasteiger partial charge in [-0.3, -0.25) is 19.1 Å². The number of rotatable bonds is 2. The molecule has 1 aromatic rings. The quantitative estimate of drug-likeness (QED) is 0.607. The average Bonchev–Trinajstić information content (AvgIpc) is 2.64. The SMILES string of the molecule is CCc1c(O)n(C2CNC(=O)C2)c(=O)[nH]c1=O. The van der Waals surface area contributed by atoms with Crippen molar-refractivity contribution >= 4 is 5.91 Å². The topological polar surface area (TPSA) is 104 Å². The fraction of sp³-hybridized carbons (Fsp3) is 0.500. The molecule has 1 amide bonds. The van der Waals surface area contributed by atoms with Crippen molar-refractivity contribution in [1.29, 1.82) is 0 Å². The highest BCUT2D eigenvalue weighted by Gasteiger charge is 2.27. The molecule has 1 saturated heterocycles. The van der Waals surface area contributed by atoms with E-state index in [0.717, 1.165) is 4.57 Å². The van der Waals surface area contributed by atoms with Crippen molar-refractivity contribution in [2.45, 2.75) is 25.8 Å². The molecule has 17 heavy (non-hydrogen) atoms. The van der Waals surface area contributed by atoms with Crippen LogP contribution in [0.25, 0.3) is 0 Å². The predicted molar refractivity (Wildman–Crippen MR) is 59.0 cm³/mol. The van der Waals surface area contributed by atoms with Crippen molar-refractivity contribution < 1.29 is 9.90 Å². The number of H-pyrrole nitrogens is 1. The van der Waals surface area contributed by atoms with Gasteiger partial charge in [-0.2, -0.15) is 0 Å². The van der Waals surface area contributed by atoms with Crippen LogP contribution in [0, 0.1) is 0 Å². The van der Waals surface area contributed by atoms with Gasteiger partial charge in [-0.25, -0.2) is 4.79 Å². The second-order valence-corrected chi connectivity index (χ2v) is 3.95. The number of nitrogens with one attached hydrogen (secondary N) is 2. The van der Waals surface area contributed by atoms with Crippen molar-refractivity contribution in [2.75, 3.05) is 6.54 Å². The standard InChI is InChI=1S/C10H13N3O4/c1-2-6-8(15)12-10(17)13(9(6)16)5-3-7(14)11-4-5/h5,16H,2-4H2,1H3,(H,11,14)(H,12,15,17). The van der Waals surface area contributed by atoms with Crippen molar-refractivity contribution in [3.05, 3.63) is 26.4 Å². The van der Waals surface area contributed by atoms with Crippen LogP contribution in [0.2, 0.25) is 0 Å². The Labute approximate surface area is 96.1 Å².